The van der Waals surface area contributed by atoms with Gasteiger partial charge in [0.25, 0.3) is 0 Å². The third kappa shape index (κ3) is 3.86. The second-order valence-electron chi connectivity index (χ2n) is 5.68. The summed E-state index contributed by atoms with van der Waals surface area (Å²) in [5, 5.41) is 2.65. The molecule has 5 heteroatoms. The normalized spacial score (nSPS) is 19.2. The summed E-state index contributed by atoms with van der Waals surface area (Å²) in [6.07, 6.45) is 0.144. The van der Waals surface area contributed by atoms with E-state index in [9.17, 15) is 13.6 Å². The summed E-state index contributed by atoms with van der Waals surface area (Å²) in [4.78, 5) is 11.6. The van der Waals surface area contributed by atoms with Crippen molar-refractivity contribution < 1.29 is 18.3 Å². The first-order valence-corrected chi connectivity index (χ1v) is 7.53. The molecule has 2 aromatic carbocycles. The van der Waals surface area contributed by atoms with Crippen LogP contribution in [-0.4, -0.2) is 12.6 Å². The molecular formula is C18H17F2NO2. The van der Waals surface area contributed by atoms with Gasteiger partial charge in [-0.25, -0.2) is 13.6 Å². The van der Waals surface area contributed by atoms with E-state index in [0.29, 0.717) is 13.0 Å². The highest BCUT2D eigenvalue weighted by molar-refractivity contribution is 5.67. The number of alkyl carbamates (subject to hydrolysis) is 1. The van der Waals surface area contributed by atoms with E-state index >= 15 is 0 Å². The smallest absolute Gasteiger partial charge is 0.407 e. The van der Waals surface area contributed by atoms with Crippen molar-refractivity contribution in [3.63, 3.8) is 0 Å². The molecular weight excluding hydrogens is 300 g/mol. The van der Waals surface area contributed by atoms with Crippen LogP contribution in [0.1, 0.15) is 23.5 Å². The number of amides is 1. The number of rotatable bonds is 5. The van der Waals surface area contributed by atoms with E-state index in [4.69, 9.17) is 4.74 Å². The Balaban J connectivity index is 1.44. The first kappa shape index (κ1) is 15.5. The molecule has 0 aromatic heterocycles. The number of nitrogens with one attached hydrogen (secondary N) is 1. The highest BCUT2D eigenvalue weighted by Crippen LogP contribution is 2.48. The lowest BCUT2D eigenvalue weighted by Gasteiger charge is -2.07. The van der Waals surface area contributed by atoms with Crippen LogP contribution in [0.3, 0.4) is 0 Å². The van der Waals surface area contributed by atoms with Crippen LogP contribution < -0.4 is 5.32 Å². The second-order valence-corrected chi connectivity index (χ2v) is 5.68. The number of halogens is 2. The molecule has 0 saturated heterocycles. The fourth-order valence-corrected chi connectivity index (χ4v) is 2.68. The van der Waals surface area contributed by atoms with Crippen LogP contribution in [0.15, 0.2) is 48.5 Å². The molecule has 23 heavy (non-hydrogen) atoms. The highest BCUT2D eigenvalue weighted by Gasteiger charge is 2.41. The van der Waals surface area contributed by atoms with Crippen LogP contribution in [0.2, 0.25) is 0 Å². The number of hydrogen-bond donors (Lipinski definition) is 1. The molecule has 1 aliphatic rings. The first-order valence-electron chi connectivity index (χ1n) is 7.53. The number of ether oxygens (including phenoxy) is 1. The maximum atomic E-state index is 13.7. The summed E-state index contributed by atoms with van der Waals surface area (Å²) < 4.78 is 32.4. The van der Waals surface area contributed by atoms with Crippen LogP contribution >= 0.6 is 0 Å². The van der Waals surface area contributed by atoms with E-state index in [-0.39, 0.29) is 24.0 Å². The van der Waals surface area contributed by atoms with E-state index in [1.165, 1.54) is 18.2 Å². The molecule has 1 N–H and O–H groups in total. The molecule has 1 aliphatic carbocycles. The Morgan fingerprint density at radius 3 is 2.48 bits per heavy atom. The van der Waals surface area contributed by atoms with Crippen molar-refractivity contribution in [3.05, 3.63) is 71.3 Å². The quantitative estimate of drug-likeness (QED) is 0.905. The van der Waals surface area contributed by atoms with Crippen molar-refractivity contribution >= 4 is 6.09 Å². The zero-order chi connectivity index (χ0) is 16.2. The average molecular weight is 317 g/mol. The number of carbonyl (C=O) groups excluding carboxylic acids is 1. The molecule has 2 unspecified atom stereocenters. The van der Waals surface area contributed by atoms with Crippen LogP contribution in [-0.2, 0) is 11.3 Å². The fourth-order valence-electron chi connectivity index (χ4n) is 2.68. The maximum Gasteiger partial charge on any atom is 0.407 e. The van der Waals surface area contributed by atoms with Crippen LogP contribution in [0.4, 0.5) is 13.6 Å². The van der Waals surface area contributed by atoms with Crippen LogP contribution in [0, 0.1) is 17.6 Å². The molecule has 2 atom stereocenters. The van der Waals surface area contributed by atoms with Gasteiger partial charge in [0.1, 0.15) is 18.2 Å². The average Bonchev–Trinajstić information content (AvgIpc) is 3.31. The number of carbonyl (C=O) groups is 1. The molecule has 0 radical (unpaired) electrons. The lowest BCUT2D eigenvalue weighted by atomic mass is 10.1. The number of benzene rings is 2. The van der Waals surface area contributed by atoms with Crippen molar-refractivity contribution in [2.45, 2.75) is 18.9 Å². The molecule has 3 nitrogen and oxygen atoms in total. The van der Waals surface area contributed by atoms with E-state index in [0.717, 1.165) is 5.56 Å². The molecule has 0 bridgehead atoms. The Morgan fingerprint density at radius 2 is 1.78 bits per heavy atom. The molecule has 1 saturated carbocycles. The summed E-state index contributed by atoms with van der Waals surface area (Å²) in [5.74, 6) is -1.18. The SMILES string of the molecule is O=C(NCC1CC1c1c(F)cccc1F)OCc1ccccc1. The minimum Gasteiger partial charge on any atom is -0.445 e. The fraction of sp³-hybridized carbons (Fsp3) is 0.278. The standard InChI is InChI=1S/C18H17F2NO2/c19-15-7-4-8-16(20)17(15)14-9-13(14)10-21-18(22)23-11-12-5-2-1-3-6-12/h1-8,13-14H,9-11H2,(H,21,22). The first-order chi connectivity index (χ1) is 11.1. The van der Waals surface area contributed by atoms with Crippen molar-refractivity contribution in [2.75, 3.05) is 6.54 Å². The maximum absolute atomic E-state index is 13.7. The van der Waals surface area contributed by atoms with E-state index < -0.39 is 17.7 Å². The van der Waals surface area contributed by atoms with Gasteiger partial charge in [-0.3, -0.25) is 0 Å². The Labute approximate surface area is 133 Å². The van der Waals surface area contributed by atoms with E-state index in [1.54, 1.807) is 0 Å². The van der Waals surface area contributed by atoms with Crippen molar-refractivity contribution in [3.8, 4) is 0 Å². The van der Waals surface area contributed by atoms with Gasteiger partial charge in [-0.05, 0) is 36.0 Å². The Morgan fingerprint density at radius 1 is 1.09 bits per heavy atom. The minimum absolute atomic E-state index is 0.0469. The monoisotopic (exact) mass is 317 g/mol. The van der Waals surface area contributed by atoms with Crippen LogP contribution in [0.5, 0.6) is 0 Å². The van der Waals surface area contributed by atoms with Gasteiger partial charge in [0.2, 0.25) is 0 Å². The summed E-state index contributed by atoms with van der Waals surface area (Å²) in [6.45, 7) is 0.550. The summed E-state index contributed by atoms with van der Waals surface area (Å²) in [5.41, 5.74) is 1.03. The summed E-state index contributed by atoms with van der Waals surface area (Å²) >= 11 is 0. The molecule has 0 spiro atoms. The van der Waals surface area contributed by atoms with Gasteiger partial charge in [0.05, 0.1) is 0 Å². The molecule has 1 fully saturated rings. The van der Waals surface area contributed by atoms with Crippen LogP contribution in [0.25, 0.3) is 0 Å². The Bertz CT molecular complexity index is 670. The Hall–Kier alpha value is -2.43. The van der Waals surface area contributed by atoms with E-state index in [2.05, 4.69) is 5.32 Å². The zero-order valence-electron chi connectivity index (χ0n) is 12.5. The largest absolute Gasteiger partial charge is 0.445 e. The van der Waals surface area contributed by atoms with Gasteiger partial charge >= 0.3 is 6.09 Å². The third-order valence-corrected chi connectivity index (χ3v) is 4.01. The van der Waals surface area contributed by atoms with Gasteiger partial charge in [-0.15, -0.1) is 0 Å². The minimum atomic E-state index is -0.524. The number of hydrogen-bond acceptors (Lipinski definition) is 2. The van der Waals surface area contributed by atoms with Crippen molar-refractivity contribution in [1.82, 2.24) is 5.32 Å². The summed E-state index contributed by atoms with van der Waals surface area (Å²) in [7, 11) is 0. The molecule has 0 aliphatic heterocycles. The third-order valence-electron chi connectivity index (χ3n) is 4.01. The van der Waals surface area contributed by atoms with Crippen molar-refractivity contribution in [1.29, 1.82) is 0 Å². The van der Waals surface area contributed by atoms with Gasteiger partial charge in [0, 0.05) is 12.1 Å². The topological polar surface area (TPSA) is 38.3 Å². The Kier molecular flexibility index (Phi) is 4.55. The highest BCUT2D eigenvalue weighted by atomic mass is 19.1. The molecule has 0 heterocycles. The molecule has 3 rings (SSSR count). The van der Waals surface area contributed by atoms with Gasteiger partial charge < -0.3 is 10.1 Å². The lowest BCUT2D eigenvalue weighted by Crippen LogP contribution is -2.26. The predicted octanol–water partition coefficient (Wildman–Crippen LogP) is 3.99. The molecule has 1 amide bonds. The van der Waals surface area contributed by atoms with Gasteiger partial charge in [0.15, 0.2) is 0 Å². The summed E-state index contributed by atoms with van der Waals surface area (Å²) in [6, 6.07) is 13.2. The van der Waals surface area contributed by atoms with Gasteiger partial charge in [-0.2, -0.15) is 0 Å². The molecule has 2 aromatic rings. The van der Waals surface area contributed by atoms with Crippen molar-refractivity contribution in [2.24, 2.45) is 5.92 Å². The zero-order valence-corrected chi connectivity index (χ0v) is 12.5. The second kappa shape index (κ2) is 6.77. The van der Waals surface area contributed by atoms with E-state index in [1.807, 2.05) is 30.3 Å². The lowest BCUT2D eigenvalue weighted by molar-refractivity contribution is 0.139. The van der Waals surface area contributed by atoms with Gasteiger partial charge in [-0.1, -0.05) is 36.4 Å². The predicted molar refractivity (Wildman–Crippen MR) is 81.8 cm³/mol. The molecule has 120 valence electrons.